The number of carbonyl (C=O) groups excluding carboxylic acids is 1. The lowest BCUT2D eigenvalue weighted by Crippen LogP contribution is -2.44. The van der Waals surface area contributed by atoms with E-state index < -0.39 is 0 Å². The van der Waals surface area contributed by atoms with E-state index in [1.54, 1.807) is 4.90 Å². The molecule has 120 valence electrons. The highest BCUT2D eigenvalue weighted by Crippen LogP contribution is 2.22. The zero-order chi connectivity index (χ0) is 16.1. The fourth-order valence-electron chi connectivity index (χ4n) is 2.51. The van der Waals surface area contributed by atoms with E-state index in [1.165, 1.54) is 24.3 Å². The zero-order valence-electron chi connectivity index (χ0n) is 12.7. The highest BCUT2D eigenvalue weighted by Gasteiger charge is 2.25. The first kappa shape index (κ1) is 15.5. The number of halogens is 1. The number of hydrogen-bond acceptors (Lipinski definition) is 3. The van der Waals surface area contributed by atoms with Crippen LogP contribution in [0.1, 0.15) is 11.7 Å². The van der Waals surface area contributed by atoms with Crippen molar-refractivity contribution in [1.29, 1.82) is 0 Å². The lowest BCUT2D eigenvalue weighted by molar-refractivity contribution is -0.141. The Kier molecular flexibility index (Phi) is 4.88. The molecular weight excluding hydrogens is 297 g/mol. The third-order valence-electron chi connectivity index (χ3n) is 3.77. The van der Waals surface area contributed by atoms with Crippen LogP contribution in [-0.2, 0) is 9.53 Å². The van der Waals surface area contributed by atoms with E-state index in [-0.39, 0.29) is 24.4 Å². The fourth-order valence-corrected chi connectivity index (χ4v) is 2.51. The predicted molar refractivity (Wildman–Crippen MR) is 83.6 cm³/mol. The van der Waals surface area contributed by atoms with Gasteiger partial charge < -0.3 is 14.4 Å². The maximum atomic E-state index is 12.8. The summed E-state index contributed by atoms with van der Waals surface area (Å²) >= 11 is 0. The number of ether oxygens (including phenoxy) is 2. The number of rotatable bonds is 4. The van der Waals surface area contributed by atoms with Gasteiger partial charge in [-0.15, -0.1) is 0 Å². The average molecular weight is 315 g/mol. The molecule has 5 heteroatoms. The molecule has 0 N–H and O–H groups in total. The molecule has 4 nitrogen and oxygen atoms in total. The molecule has 1 aliphatic rings. The summed E-state index contributed by atoms with van der Waals surface area (Å²) in [5, 5.41) is 0. The molecule has 23 heavy (non-hydrogen) atoms. The van der Waals surface area contributed by atoms with Gasteiger partial charge in [-0.1, -0.05) is 30.3 Å². The molecular formula is C18H18FNO3. The Hall–Kier alpha value is -2.40. The van der Waals surface area contributed by atoms with E-state index in [0.717, 1.165) is 5.56 Å². The van der Waals surface area contributed by atoms with Gasteiger partial charge in [-0.05, 0) is 29.8 Å². The minimum Gasteiger partial charge on any atom is -0.484 e. The van der Waals surface area contributed by atoms with E-state index in [4.69, 9.17) is 9.47 Å². The van der Waals surface area contributed by atoms with Gasteiger partial charge in [0.1, 0.15) is 17.7 Å². The fraction of sp³-hybridized carbons (Fsp3) is 0.278. The van der Waals surface area contributed by atoms with Gasteiger partial charge >= 0.3 is 0 Å². The summed E-state index contributed by atoms with van der Waals surface area (Å²) < 4.78 is 24.0. The Morgan fingerprint density at radius 1 is 1.17 bits per heavy atom. The number of morpholine rings is 1. The monoisotopic (exact) mass is 315 g/mol. The van der Waals surface area contributed by atoms with Crippen LogP contribution >= 0.6 is 0 Å². The Balaban J connectivity index is 1.55. The molecule has 1 amide bonds. The molecule has 1 heterocycles. The summed E-state index contributed by atoms with van der Waals surface area (Å²) in [5.41, 5.74) is 1.06. The summed E-state index contributed by atoms with van der Waals surface area (Å²) in [7, 11) is 0. The summed E-state index contributed by atoms with van der Waals surface area (Å²) in [6, 6.07) is 15.5. The minimum absolute atomic E-state index is 0.0624. The van der Waals surface area contributed by atoms with Gasteiger partial charge in [0.15, 0.2) is 6.61 Å². The molecule has 1 aliphatic heterocycles. The summed E-state index contributed by atoms with van der Waals surface area (Å²) in [5.74, 6) is 0.0498. The lowest BCUT2D eigenvalue weighted by Gasteiger charge is -2.33. The maximum Gasteiger partial charge on any atom is 0.260 e. The molecule has 0 aromatic heterocycles. The smallest absolute Gasteiger partial charge is 0.260 e. The predicted octanol–water partition coefficient (Wildman–Crippen LogP) is 2.80. The van der Waals surface area contributed by atoms with Crippen LogP contribution in [-0.4, -0.2) is 37.1 Å². The van der Waals surface area contributed by atoms with Crippen molar-refractivity contribution in [2.45, 2.75) is 6.10 Å². The van der Waals surface area contributed by atoms with Gasteiger partial charge in [-0.3, -0.25) is 4.79 Å². The standard InChI is InChI=1S/C18H18FNO3/c19-15-6-8-16(9-7-15)23-13-18(21)20-10-11-22-17(12-20)14-4-2-1-3-5-14/h1-9,17H,10-13H2. The number of benzene rings is 2. The summed E-state index contributed by atoms with van der Waals surface area (Å²) in [6.45, 7) is 1.50. The van der Waals surface area contributed by atoms with Gasteiger partial charge in [0.25, 0.3) is 5.91 Å². The van der Waals surface area contributed by atoms with Crippen LogP contribution in [0.2, 0.25) is 0 Å². The average Bonchev–Trinajstić information content (AvgIpc) is 2.62. The molecule has 2 aromatic carbocycles. The SMILES string of the molecule is O=C(COc1ccc(F)cc1)N1CCOC(c2ccccc2)C1. The van der Waals surface area contributed by atoms with Crippen molar-refractivity contribution in [3.63, 3.8) is 0 Å². The third-order valence-corrected chi connectivity index (χ3v) is 3.77. The van der Waals surface area contributed by atoms with E-state index in [9.17, 15) is 9.18 Å². The van der Waals surface area contributed by atoms with Gasteiger partial charge in [-0.25, -0.2) is 4.39 Å². The van der Waals surface area contributed by atoms with Gasteiger partial charge in [0.2, 0.25) is 0 Å². The molecule has 3 rings (SSSR count). The highest BCUT2D eigenvalue weighted by atomic mass is 19.1. The Labute approximate surface area is 134 Å². The van der Waals surface area contributed by atoms with Gasteiger partial charge in [0, 0.05) is 6.54 Å². The Morgan fingerprint density at radius 3 is 2.65 bits per heavy atom. The van der Waals surface area contributed by atoms with Crippen molar-refractivity contribution >= 4 is 5.91 Å². The Bertz CT molecular complexity index is 645. The van der Waals surface area contributed by atoms with Crippen molar-refractivity contribution in [2.75, 3.05) is 26.3 Å². The van der Waals surface area contributed by atoms with Crippen molar-refractivity contribution in [1.82, 2.24) is 4.90 Å². The van der Waals surface area contributed by atoms with E-state index in [1.807, 2.05) is 30.3 Å². The third kappa shape index (κ3) is 4.07. The first-order chi connectivity index (χ1) is 11.2. The second kappa shape index (κ2) is 7.24. The number of hydrogen-bond donors (Lipinski definition) is 0. The number of amides is 1. The van der Waals surface area contributed by atoms with Crippen LogP contribution in [0.3, 0.4) is 0 Å². The number of nitrogens with zero attached hydrogens (tertiary/aromatic N) is 1. The van der Waals surface area contributed by atoms with Crippen LogP contribution in [0.5, 0.6) is 5.75 Å². The first-order valence-electron chi connectivity index (χ1n) is 7.55. The topological polar surface area (TPSA) is 38.8 Å². The molecule has 1 fully saturated rings. The van der Waals surface area contributed by atoms with Gasteiger partial charge in [0.05, 0.1) is 13.2 Å². The molecule has 0 saturated carbocycles. The van der Waals surface area contributed by atoms with Crippen LogP contribution in [0.4, 0.5) is 4.39 Å². The van der Waals surface area contributed by atoms with Crippen LogP contribution < -0.4 is 4.74 Å². The molecule has 0 aliphatic carbocycles. The first-order valence-corrected chi connectivity index (χ1v) is 7.55. The molecule has 0 spiro atoms. The molecule has 0 radical (unpaired) electrons. The largest absolute Gasteiger partial charge is 0.484 e. The van der Waals surface area contributed by atoms with Crippen molar-refractivity contribution in [2.24, 2.45) is 0 Å². The van der Waals surface area contributed by atoms with E-state index in [0.29, 0.717) is 25.4 Å². The normalized spacial score (nSPS) is 17.8. The highest BCUT2D eigenvalue weighted by molar-refractivity contribution is 5.78. The van der Waals surface area contributed by atoms with Crippen molar-refractivity contribution in [3.05, 3.63) is 66.0 Å². The molecule has 0 bridgehead atoms. The van der Waals surface area contributed by atoms with Crippen LogP contribution in [0.25, 0.3) is 0 Å². The molecule has 2 aromatic rings. The Morgan fingerprint density at radius 2 is 1.91 bits per heavy atom. The molecule has 1 atom stereocenters. The van der Waals surface area contributed by atoms with Crippen molar-refractivity contribution < 1.29 is 18.7 Å². The molecule has 1 unspecified atom stereocenters. The second-order valence-corrected chi connectivity index (χ2v) is 5.35. The van der Waals surface area contributed by atoms with Gasteiger partial charge in [-0.2, -0.15) is 0 Å². The minimum atomic E-state index is -0.331. The van der Waals surface area contributed by atoms with E-state index >= 15 is 0 Å². The zero-order valence-corrected chi connectivity index (χ0v) is 12.7. The summed E-state index contributed by atoms with van der Waals surface area (Å²) in [6.07, 6.45) is -0.111. The second-order valence-electron chi connectivity index (χ2n) is 5.35. The quantitative estimate of drug-likeness (QED) is 0.871. The van der Waals surface area contributed by atoms with Crippen molar-refractivity contribution in [3.8, 4) is 5.75 Å². The maximum absolute atomic E-state index is 12.8. The number of carbonyl (C=O) groups is 1. The molecule has 1 saturated heterocycles. The van der Waals surface area contributed by atoms with Crippen LogP contribution in [0, 0.1) is 5.82 Å². The summed E-state index contributed by atoms with van der Waals surface area (Å²) in [4.78, 5) is 14.0. The lowest BCUT2D eigenvalue weighted by atomic mass is 10.1. The van der Waals surface area contributed by atoms with Crippen LogP contribution in [0.15, 0.2) is 54.6 Å². The van der Waals surface area contributed by atoms with E-state index in [2.05, 4.69) is 0 Å².